The van der Waals surface area contributed by atoms with Gasteiger partial charge < -0.3 is 14.4 Å². The second-order valence-electron chi connectivity index (χ2n) is 7.37. The van der Waals surface area contributed by atoms with Crippen LogP contribution >= 0.6 is 0 Å². The number of rotatable bonds is 9. The van der Waals surface area contributed by atoms with Gasteiger partial charge in [0.05, 0.1) is 30.9 Å². The predicted molar refractivity (Wildman–Crippen MR) is 120 cm³/mol. The standard InChI is InChI=1S/C23H25FN2O5S/c1-15-21(24)20(14-16-4-8-18(9-5-16)25-32(29,30)13-12-27)26(2)22(15)23(28)17-6-10-19(31-3)11-7-17/h4-11,25,27H,12-14H2,1-3H3. The van der Waals surface area contributed by atoms with Crippen LogP contribution in [0.3, 0.4) is 0 Å². The van der Waals surface area contributed by atoms with Gasteiger partial charge in [0.15, 0.2) is 0 Å². The van der Waals surface area contributed by atoms with Crippen LogP contribution in [-0.4, -0.2) is 43.3 Å². The van der Waals surface area contributed by atoms with Crippen molar-refractivity contribution >= 4 is 21.5 Å². The van der Waals surface area contributed by atoms with Crippen molar-refractivity contribution < 1.29 is 27.4 Å². The maximum Gasteiger partial charge on any atom is 0.234 e. The van der Waals surface area contributed by atoms with E-state index in [1.165, 1.54) is 7.11 Å². The smallest absolute Gasteiger partial charge is 0.234 e. The van der Waals surface area contributed by atoms with Crippen LogP contribution in [0.5, 0.6) is 5.75 Å². The van der Waals surface area contributed by atoms with Gasteiger partial charge in [0.25, 0.3) is 0 Å². The Hall–Kier alpha value is -3.17. The molecular weight excluding hydrogens is 435 g/mol. The van der Waals surface area contributed by atoms with E-state index in [0.717, 1.165) is 5.56 Å². The highest BCUT2D eigenvalue weighted by Gasteiger charge is 2.24. The molecule has 3 aromatic rings. The third-order valence-corrected chi connectivity index (χ3v) is 6.47. The van der Waals surface area contributed by atoms with Gasteiger partial charge in [-0.05, 0) is 48.9 Å². The number of aliphatic hydroxyl groups excluding tert-OH is 1. The average Bonchev–Trinajstić information content (AvgIpc) is 2.97. The molecule has 0 saturated carbocycles. The Morgan fingerprint density at radius 2 is 1.75 bits per heavy atom. The molecule has 0 aliphatic carbocycles. The first-order valence-electron chi connectivity index (χ1n) is 9.89. The molecule has 0 saturated heterocycles. The quantitative estimate of drug-likeness (QED) is 0.479. The third-order valence-electron chi connectivity index (χ3n) is 5.20. The van der Waals surface area contributed by atoms with Gasteiger partial charge in [-0.2, -0.15) is 0 Å². The summed E-state index contributed by atoms with van der Waals surface area (Å²) in [7, 11) is -0.432. The molecule has 0 aliphatic rings. The van der Waals surface area contributed by atoms with Crippen molar-refractivity contribution in [2.45, 2.75) is 13.3 Å². The number of ether oxygens (including phenoxy) is 1. The van der Waals surface area contributed by atoms with Crippen molar-refractivity contribution in [1.82, 2.24) is 4.57 Å². The third kappa shape index (κ3) is 5.00. The van der Waals surface area contributed by atoms with E-state index in [-0.39, 0.29) is 23.5 Å². The molecular formula is C23H25FN2O5S. The number of benzene rings is 2. The number of methoxy groups -OCH3 is 1. The molecule has 0 fully saturated rings. The largest absolute Gasteiger partial charge is 0.497 e. The van der Waals surface area contributed by atoms with Crippen LogP contribution in [0.25, 0.3) is 0 Å². The lowest BCUT2D eigenvalue weighted by molar-refractivity contribution is 0.103. The molecule has 0 bridgehead atoms. The first kappa shape index (κ1) is 23.5. The summed E-state index contributed by atoms with van der Waals surface area (Å²) in [5, 5.41) is 8.81. The van der Waals surface area contributed by atoms with Crippen molar-refractivity contribution in [3.8, 4) is 5.75 Å². The average molecular weight is 461 g/mol. The Kier molecular flexibility index (Phi) is 7.00. The number of hydrogen-bond donors (Lipinski definition) is 2. The van der Waals surface area contributed by atoms with Crippen LogP contribution in [0.1, 0.15) is 32.9 Å². The van der Waals surface area contributed by atoms with Crippen LogP contribution in [0.2, 0.25) is 0 Å². The molecule has 32 heavy (non-hydrogen) atoms. The molecule has 2 aromatic carbocycles. The molecule has 3 rings (SSSR count). The highest BCUT2D eigenvalue weighted by atomic mass is 32.2. The van der Waals surface area contributed by atoms with Gasteiger partial charge in [-0.25, -0.2) is 12.8 Å². The molecule has 0 radical (unpaired) electrons. The maximum atomic E-state index is 15.0. The van der Waals surface area contributed by atoms with Gasteiger partial charge in [0.1, 0.15) is 11.6 Å². The van der Waals surface area contributed by atoms with E-state index in [9.17, 15) is 13.2 Å². The van der Waals surface area contributed by atoms with Crippen LogP contribution in [0, 0.1) is 12.7 Å². The Morgan fingerprint density at radius 3 is 2.31 bits per heavy atom. The number of sulfonamides is 1. The zero-order chi connectivity index (χ0) is 23.5. The van der Waals surface area contributed by atoms with Crippen molar-refractivity contribution in [3.63, 3.8) is 0 Å². The molecule has 0 unspecified atom stereocenters. The monoisotopic (exact) mass is 460 g/mol. The number of hydrogen-bond acceptors (Lipinski definition) is 5. The second-order valence-corrected chi connectivity index (χ2v) is 9.21. The number of nitrogens with zero attached hydrogens (tertiary/aromatic N) is 1. The molecule has 7 nitrogen and oxygen atoms in total. The summed E-state index contributed by atoms with van der Waals surface area (Å²) < 4.78 is 47.6. The number of aromatic nitrogens is 1. The lowest BCUT2D eigenvalue weighted by atomic mass is 10.1. The van der Waals surface area contributed by atoms with Crippen LogP contribution in [0.15, 0.2) is 48.5 Å². The summed E-state index contributed by atoms with van der Waals surface area (Å²) in [6.45, 7) is 1.10. The number of anilines is 1. The maximum absolute atomic E-state index is 15.0. The normalized spacial score (nSPS) is 11.4. The van der Waals surface area contributed by atoms with E-state index in [4.69, 9.17) is 9.84 Å². The fraction of sp³-hybridized carbons (Fsp3) is 0.261. The van der Waals surface area contributed by atoms with Crippen molar-refractivity contribution in [2.24, 2.45) is 7.05 Å². The molecule has 0 amide bonds. The molecule has 9 heteroatoms. The van der Waals surface area contributed by atoms with E-state index >= 15 is 4.39 Å². The van der Waals surface area contributed by atoms with Crippen LogP contribution in [0.4, 0.5) is 10.1 Å². The summed E-state index contributed by atoms with van der Waals surface area (Å²) in [5.41, 5.74) is 2.43. The summed E-state index contributed by atoms with van der Waals surface area (Å²) in [6.07, 6.45) is 0.225. The molecule has 2 N–H and O–H groups in total. The SMILES string of the molecule is COc1ccc(C(=O)c2c(C)c(F)c(Cc3ccc(NS(=O)(=O)CCO)cc3)n2C)cc1. The minimum Gasteiger partial charge on any atom is -0.497 e. The van der Waals surface area contributed by atoms with Gasteiger partial charge in [-0.1, -0.05) is 12.1 Å². The Morgan fingerprint density at radius 1 is 1.12 bits per heavy atom. The molecule has 1 heterocycles. The van der Waals surface area contributed by atoms with E-state index in [0.29, 0.717) is 22.7 Å². The lowest BCUT2D eigenvalue weighted by Gasteiger charge is -2.10. The van der Waals surface area contributed by atoms with Crippen molar-refractivity contribution in [1.29, 1.82) is 0 Å². The second kappa shape index (κ2) is 9.54. The number of ketones is 1. The number of carbonyl (C=O) groups is 1. The molecule has 1 aromatic heterocycles. The highest BCUT2D eigenvalue weighted by molar-refractivity contribution is 7.92. The molecule has 0 atom stereocenters. The van der Waals surface area contributed by atoms with Crippen LogP contribution in [-0.2, 0) is 23.5 Å². The zero-order valence-corrected chi connectivity index (χ0v) is 18.9. The summed E-state index contributed by atoms with van der Waals surface area (Å²) in [6, 6.07) is 13.2. The fourth-order valence-electron chi connectivity index (χ4n) is 3.49. The Bertz CT molecular complexity index is 1220. The number of halogens is 1. The fourth-order valence-corrected chi connectivity index (χ4v) is 4.32. The summed E-state index contributed by atoms with van der Waals surface area (Å²) >= 11 is 0. The van der Waals surface area contributed by atoms with Crippen LogP contribution < -0.4 is 9.46 Å². The first-order valence-corrected chi connectivity index (χ1v) is 11.5. The molecule has 0 aliphatic heterocycles. The predicted octanol–water partition coefficient (Wildman–Crippen LogP) is 3.04. The van der Waals surface area contributed by atoms with E-state index in [2.05, 4.69) is 4.72 Å². The number of carbonyl (C=O) groups excluding carboxylic acids is 1. The molecule has 170 valence electrons. The summed E-state index contributed by atoms with van der Waals surface area (Å²) in [5.74, 6) is -0.504. The van der Waals surface area contributed by atoms with Gasteiger partial charge in [-0.3, -0.25) is 9.52 Å². The molecule has 0 spiro atoms. The van der Waals surface area contributed by atoms with E-state index < -0.39 is 28.2 Å². The van der Waals surface area contributed by atoms with Crippen molar-refractivity contribution in [3.05, 3.63) is 82.4 Å². The Balaban J connectivity index is 1.84. The van der Waals surface area contributed by atoms with E-state index in [1.807, 2.05) is 0 Å². The minimum atomic E-state index is -3.62. The Labute approximate surface area is 186 Å². The first-order chi connectivity index (χ1) is 15.2. The minimum absolute atomic E-state index is 0.225. The zero-order valence-electron chi connectivity index (χ0n) is 18.1. The number of nitrogens with one attached hydrogen (secondary N) is 1. The number of aliphatic hydroxyl groups is 1. The topological polar surface area (TPSA) is 97.6 Å². The van der Waals surface area contributed by atoms with E-state index in [1.54, 1.807) is 67.1 Å². The van der Waals surface area contributed by atoms with Gasteiger partial charge in [-0.15, -0.1) is 0 Å². The van der Waals surface area contributed by atoms with Gasteiger partial charge in [0, 0.05) is 30.3 Å². The van der Waals surface area contributed by atoms with Crippen molar-refractivity contribution in [2.75, 3.05) is 24.2 Å². The lowest BCUT2D eigenvalue weighted by Crippen LogP contribution is -2.18. The van der Waals surface area contributed by atoms with Gasteiger partial charge in [0.2, 0.25) is 15.8 Å². The van der Waals surface area contributed by atoms with Gasteiger partial charge >= 0.3 is 0 Å². The summed E-state index contributed by atoms with van der Waals surface area (Å²) in [4.78, 5) is 13.0. The highest BCUT2D eigenvalue weighted by Crippen LogP contribution is 2.26.